The van der Waals surface area contributed by atoms with Gasteiger partial charge in [-0.1, -0.05) is 15.9 Å². The summed E-state index contributed by atoms with van der Waals surface area (Å²) in [5, 5.41) is 5.48. The van der Waals surface area contributed by atoms with Gasteiger partial charge in [0, 0.05) is 21.9 Å². The van der Waals surface area contributed by atoms with E-state index in [1.165, 1.54) is 6.07 Å². The number of anilines is 2. The van der Waals surface area contributed by atoms with Crippen molar-refractivity contribution in [2.75, 3.05) is 17.2 Å². The lowest BCUT2D eigenvalue weighted by molar-refractivity contribution is -0.114. The van der Waals surface area contributed by atoms with Gasteiger partial charge in [0.2, 0.25) is 5.91 Å². The van der Waals surface area contributed by atoms with Crippen LogP contribution in [0.25, 0.3) is 0 Å². The minimum atomic E-state index is -0.996. The Morgan fingerprint density at radius 1 is 1.14 bits per heavy atom. The zero-order valence-electron chi connectivity index (χ0n) is 11.2. The molecule has 0 atom stereocenters. The van der Waals surface area contributed by atoms with Crippen molar-refractivity contribution in [3.05, 3.63) is 58.1 Å². The Morgan fingerprint density at radius 3 is 2.57 bits per heavy atom. The summed E-state index contributed by atoms with van der Waals surface area (Å²) >= 11 is 3.36. The monoisotopic (exact) mass is 354 g/mol. The van der Waals surface area contributed by atoms with E-state index in [1.807, 2.05) is 25.1 Å². The molecule has 2 N–H and O–H groups in total. The van der Waals surface area contributed by atoms with Gasteiger partial charge in [0.15, 0.2) is 11.6 Å². The molecule has 0 fully saturated rings. The van der Waals surface area contributed by atoms with Gasteiger partial charge in [0.05, 0.1) is 6.54 Å². The number of carbonyl (C=O) groups is 1. The van der Waals surface area contributed by atoms with Crippen LogP contribution in [0.5, 0.6) is 0 Å². The van der Waals surface area contributed by atoms with Gasteiger partial charge in [0.25, 0.3) is 0 Å². The van der Waals surface area contributed by atoms with E-state index in [0.29, 0.717) is 0 Å². The summed E-state index contributed by atoms with van der Waals surface area (Å²) in [7, 11) is 0. The molecule has 0 aliphatic carbocycles. The molecule has 1 amide bonds. The number of hydrogen-bond acceptors (Lipinski definition) is 2. The van der Waals surface area contributed by atoms with Gasteiger partial charge in [-0.05, 0) is 42.8 Å². The zero-order valence-corrected chi connectivity index (χ0v) is 12.8. The summed E-state index contributed by atoms with van der Waals surface area (Å²) in [4.78, 5) is 11.8. The van der Waals surface area contributed by atoms with Crippen LogP contribution in [0.15, 0.2) is 40.9 Å². The Labute approximate surface area is 129 Å². The fraction of sp³-hybridized carbons (Fsp3) is 0.133. The maximum absolute atomic E-state index is 13.0. The minimum absolute atomic E-state index is 0.0292. The van der Waals surface area contributed by atoms with E-state index in [4.69, 9.17) is 0 Å². The van der Waals surface area contributed by atoms with Gasteiger partial charge < -0.3 is 10.6 Å². The largest absolute Gasteiger partial charge is 0.376 e. The van der Waals surface area contributed by atoms with Gasteiger partial charge in [0.1, 0.15) is 0 Å². The molecule has 0 spiro atoms. The highest BCUT2D eigenvalue weighted by Crippen LogP contribution is 2.20. The standard InChI is InChI=1S/C15H13BrF2N2O/c1-9-6-10(16)2-5-14(9)19-8-15(21)20-11-3-4-12(17)13(18)7-11/h2-7,19H,8H2,1H3,(H,20,21). The van der Waals surface area contributed by atoms with Gasteiger partial charge >= 0.3 is 0 Å². The molecule has 3 nitrogen and oxygen atoms in total. The third kappa shape index (κ3) is 4.26. The van der Waals surface area contributed by atoms with Crippen molar-refractivity contribution in [3.8, 4) is 0 Å². The second-order valence-corrected chi connectivity index (χ2v) is 5.41. The highest BCUT2D eigenvalue weighted by molar-refractivity contribution is 9.10. The van der Waals surface area contributed by atoms with Crippen molar-refractivity contribution >= 4 is 33.2 Å². The van der Waals surface area contributed by atoms with Crippen LogP contribution in [0.2, 0.25) is 0 Å². The molecule has 0 aromatic heterocycles. The topological polar surface area (TPSA) is 41.1 Å². The molecule has 0 unspecified atom stereocenters. The summed E-state index contributed by atoms with van der Waals surface area (Å²) in [5.74, 6) is -2.29. The van der Waals surface area contributed by atoms with E-state index in [-0.39, 0.29) is 18.1 Å². The second-order valence-electron chi connectivity index (χ2n) is 4.49. The van der Waals surface area contributed by atoms with Crippen molar-refractivity contribution in [1.82, 2.24) is 0 Å². The average Bonchev–Trinajstić information content (AvgIpc) is 2.42. The smallest absolute Gasteiger partial charge is 0.243 e. The Hall–Kier alpha value is -1.95. The van der Waals surface area contributed by atoms with Crippen molar-refractivity contribution in [1.29, 1.82) is 0 Å². The molecule has 0 radical (unpaired) electrons. The van der Waals surface area contributed by atoms with Crippen LogP contribution in [-0.4, -0.2) is 12.5 Å². The molecule has 0 aliphatic heterocycles. The summed E-state index contributed by atoms with van der Waals surface area (Å²) in [5.41, 5.74) is 2.04. The molecule has 6 heteroatoms. The summed E-state index contributed by atoms with van der Waals surface area (Å²) in [6.07, 6.45) is 0. The second kappa shape index (κ2) is 6.67. The molecule has 21 heavy (non-hydrogen) atoms. The lowest BCUT2D eigenvalue weighted by Gasteiger charge is -2.10. The lowest BCUT2D eigenvalue weighted by atomic mass is 10.2. The first-order valence-corrected chi connectivity index (χ1v) is 7.00. The van der Waals surface area contributed by atoms with Crippen LogP contribution in [0, 0.1) is 18.6 Å². The first kappa shape index (κ1) is 15.4. The van der Waals surface area contributed by atoms with Gasteiger partial charge in [-0.2, -0.15) is 0 Å². The SMILES string of the molecule is Cc1cc(Br)ccc1NCC(=O)Nc1ccc(F)c(F)c1. The number of nitrogens with one attached hydrogen (secondary N) is 2. The van der Waals surface area contributed by atoms with Crippen molar-refractivity contribution in [2.24, 2.45) is 0 Å². The van der Waals surface area contributed by atoms with Crippen LogP contribution in [0.4, 0.5) is 20.2 Å². The van der Waals surface area contributed by atoms with Gasteiger partial charge in [-0.25, -0.2) is 8.78 Å². The molecule has 0 heterocycles. The van der Waals surface area contributed by atoms with E-state index in [9.17, 15) is 13.6 Å². The molecular weight excluding hydrogens is 342 g/mol. The van der Waals surface area contributed by atoms with Crippen LogP contribution in [-0.2, 0) is 4.79 Å². The van der Waals surface area contributed by atoms with Crippen LogP contribution >= 0.6 is 15.9 Å². The molecule has 110 valence electrons. The van der Waals surface area contributed by atoms with E-state index >= 15 is 0 Å². The van der Waals surface area contributed by atoms with E-state index < -0.39 is 11.6 Å². The Bertz CT molecular complexity index is 677. The molecular formula is C15H13BrF2N2O. The Kier molecular flexibility index (Phi) is 4.90. The van der Waals surface area contributed by atoms with E-state index in [2.05, 4.69) is 26.6 Å². The lowest BCUT2D eigenvalue weighted by Crippen LogP contribution is -2.22. The maximum atomic E-state index is 13.0. The predicted octanol–water partition coefficient (Wildman–Crippen LogP) is 4.09. The summed E-state index contributed by atoms with van der Waals surface area (Å²) in [6, 6.07) is 8.86. The Morgan fingerprint density at radius 2 is 1.90 bits per heavy atom. The van der Waals surface area contributed by atoms with Crippen LogP contribution < -0.4 is 10.6 Å². The number of rotatable bonds is 4. The van der Waals surface area contributed by atoms with Crippen molar-refractivity contribution in [2.45, 2.75) is 6.92 Å². The summed E-state index contributed by atoms with van der Waals surface area (Å²) < 4.78 is 26.8. The van der Waals surface area contributed by atoms with E-state index in [1.54, 1.807) is 0 Å². The normalized spacial score (nSPS) is 10.3. The highest BCUT2D eigenvalue weighted by atomic mass is 79.9. The average molecular weight is 355 g/mol. The van der Waals surface area contributed by atoms with Gasteiger partial charge in [-0.3, -0.25) is 4.79 Å². The number of aryl methyl sites for hydroxylation is 1. The predicted molar refractivity (Wildman–Crippen MR) is 82.4 cm³/mol. The summed E-state index contributed by atoms with van der Waals surface area (Å²) in [6.45, 7) is 1.95. The fourth-order valence-corrected chi connectivity index (χ4v) is 2.26. The molecule has 2 aromatic rings. The maximum Gasteiger partial charge on any atom is 0.243 e. The Balaban J connectivity index is 1.94. The quantitative estimate of drug-likeness (QED) is 0.868. The fourth-order valence-electron chi connectivity index (χ4n) is 1.78. The zero-order chi connectivity index (χ0) is 15.4. The van der Waals surface area contributed by atoms with E-state index in [0.717, 1.165) is 27.9 Å². The first-order valence-electron chi connectivity index (χ1n) is 6.20. The number of carbonyl (C=O) groups excluding carboxylic acids is 1. The molecule has 0 bridgehead atoms. The number of benzene rings is 2. The van der Waals surface area contributed by atoms with Crippen molar-refractivity contribution < 1.29 is 13.6 Å². The number of amides is 1. The molecule has 2 rings (SSSR count). The van der Waals surface area contributed by atoms with Crippen LogP contribution in [0.3, 0.4) is 0 Å². The van der Waals surface area contributed by atoms with Crippen LogP contribution in [0.1, 0.15) is 5.56 Å². The highest BCUT2D eigenvalue weighted by Gasteiger charge is 2.07. The van der Waals surface area contributed by atoms with Gasteiger partial charge in [-0.15, -0.1) is 0 Å². The number of halogens is 3. The molecule has 0 saturated carbocycles. The third-order valence-corrected chi connectivity index (χ3v) is 3.32. The number of hydrogen-bond donors (Lipinski definition) is 2. The third-order valence-electron chi connectivity index (χ3n) is 2.83. The molecule has 2 aromatic carbocycles. The molecule has 0 aliphatic rings. The first-order chi connectivity index (χ1) is 9.95. The minimum Gasteiger partial charge on any atom is -0.376 e. The van der Waals surface area contributed by atoms with Crippen molar-refractivity contribution in [3.63, 3.8) is 0 Å². The molecule has 0 saturated heterocycles.